The van der Waals surface area contributed by atoms with Gasteiger partial charge in [-0.3, -0.25) is 4.79 Å². The van der Waals surface area contributed by atoms with Crippen molar-refractivity contribution in [1.82, 2.24) is 19.6 Å². The molecule has 0 atom stereocenters. The van der Waals surface area contributed by atoms with Crippen molar-refractivity contribution in [1.29, 1.82) is 0 Å². The zero-order chi connectivity index (χ0) is 18.0. The van der Waals surface area contributed by atoms with Gasteiger partial charge in [0.25, 0.3) is 11.3 Å². The molecule has 0 radical (unpaired) electrons. The second-order valence-electron chi connectivity index (χ2n) is 5.30. The fraction of sp³-hybridized carbons (Fsp3) is 0.250. The van der Waals surface area contributed by atoms with Crippen molar-refractivity contribution < 1.29 is 14.9 Å². The highest BCUT2D eigenvalue weighted by Crippen LogP contribution is 2.26. The third kappa shape index (κ3) is 3.30. The Morgan fingerprint density at radius 1 is 1.40 bits per heavy atom. The fourth-order valence-corrected chi connectivity index (χ4v) is 2.26. The molecule has 3 aromatic rings. The lowest BCUT2D eigenvalue weighted by Crippen LogP contribution is -2.33. The van der Waals surface area contributed by atoms with E-state index in [0.717, 1.165) is 10.1 Å². The highest BCUT2D eigenvalue weighted by molar-refractivity contribution is 5.43. The molecule has 1 aromatic carbocycles. The molecule has 130 valence electrons. The van der Waals surface area contributed by atoms with Gasteiger partial charge < -0.3 is 20.3 Å². The minimum atomic E-state index is -0.492. The van der Waals surface area contributed by atoms with Crippen LogP contribution >= 0.6 is 0 Å². The smallest absolute Gasteiger partial charge is 0.286 e. The van der Waals surface area contributed by atoms with Crippen LogP contribution in [-0.2, 0) is 6.54 Å². The second kappa shape index (κ2) is 6.63. The quantitative estimate of drug-likeness (QED) is 0.616. The molecule has 0 amide bonds. The van der Waals surface area contributed by atoms with E-state index in [2.05, 4.69) is 20.4 Å². The van der Waals surface area contributed by atoms with Gasteiger partial charge in [0.1, 0.15) is 5.76 Å². The number of nitrogens with one attached hydrogen (secondary N) is 1. The van der Waals surface area contributed by atoms with E-state index in [1.54, 1.807) is 18.2 Å². The van der Waals surface area contributed by atoms with E-state index in [0.29, 0.717) is 18.9 Å². The third-order valence-electron chi connectivity index (χ3n) is 3.49. The highest BCUT2D eigenvalue weighted by atomic mass is 16.5. The monoisotopic (exact) mass is 343 g/mol. The predicted molar refractivity (Wildman–Crippen MR) is 90.6 cm³/mol. The summed E-state index contributed by atoms with van der Waals surface area (Å²) < 4.78 is 6.37. The number of hydrogen-bond acceptors (Lipinski definition) is 8. The van der Waals surface area contributed by atoms with Crippen LogP contribution in [0.5, 0.6) is 11.5 Å². The molecular weight excluding hydrogens is 326 g/mol. The summed E-state index contributed by atoms with van der Waals surface area (Å²) in [5, 5.41) is 26.3. The Labute approximate surface area is 142 Å². The average molecular weight is 343 g/mol. The van der Waals surface area contributed by atoms with Crippen molar-refractivity contribution in [3.8, 4) is 11.5 Å². The van der Waals surface area contributed by atoms with Gasteiger partial charge in [-0.2, -0.15) is 9.50 Å². The Hall–Kier alpha value is -3.36. The normalized spacial score (nSPS) is 12.2. The molecule has 0 spiro atoms. The number of fused-ring (bicyclic) bond motifs is 1. The van der Waals surface area contributed by atoms with Crippen LogP contribution in [0.4, 0.5) is 5.95 Å². The summed E-state index contributed by atoms with van der Waals surface area (Å²) in [7, 11) is 0. The van der Waals surface area contributed by atoms with Crippen LogP contribution in [0.25, 0.3) is 11.5 Å². The summed E-state index contributed by atoms with van der Waals surface area (Å²) in [6, 6.07) is 4.99. The van der Waals surface area contributed by atoms with Gasteiger partial charge in [-0.05, 0) is 31.5 Å². The fourth-order valence-electron chi connectivity index (χ4n) is 2.26. The number of aliphatic hydroxyl groups is 1. The molecule has 9 heteroatoms. The molecule has 25 heavy (non-hydrogen) atoms. The van der Waals surface area contributed by atoms with E-state index in [1.165, 1.54) is 13.1 Å². The molecule has 0 saturated heterocycles. The van der Waals surface area contributed by atoms with Crippen LogP contribution in [0, 0.1) is 0 Å². The Morgan fingerprint density at radius 2 is 2.20 bits per heavy atom. The molecule has 0 aliphatic carbocycles. The number of phenolic OH excluding ortho intramolecular Hbond substituents is 1. The molecule has 2 heterocycles. The van der Waals surface area contributed by atoms with Crippen molar-refractivity contribution >= 4 is 17.5 Å². The summed E-state index contributed by atoms with van der Waals surface area (Å²) in [4.78, 5) is 20.3. The minimum absolute atomic E-state index is 0.0693. The van der Waals surface area contributed by atoms with E-state index in [-0.39, 0.29) is 28.5 Å². The molecule has 0 aliphatic heterocycles. The number of anilines is 1. The number of benzene rings is 1. The number of hydrogen-bond donors (Lipinski definition) is 3. The molecule has 9 nitrogen and oxygen atoms in total. The zero-order valence-corrected chi connectivity index (χ0v) is 13.7. The van der Waals surface area contributed by atoms with E-state index in [1.807, 2.05) is 6.92 Å². The molecule has 0 unspecified atom stereocenters. The van der Waals surface area contributed by atoms with Crippen molar-refractivity contribution in [2.75, 3.05) is 11.9 Å². The SMILES string of the molecule is CCOc1cc(CNc2nc3ncc(=C(C)O)c(=O)n3n2)ccc1O. The Morgan fingerprint density at radius 3 is 2.92 bits per heavy atom. The lowest BCUT2D eigenvalue weighted by Gasteiger charge is -2.08. The number of aromatic hydroxyl groups is 1. The predicted octanol–water partition coefficient (Wildman–Crippen LogP) is 0.606. The van der Waals surface area contributed by atoms with Crippen LogP contribution in [0.3, 0.4) is 0 Å². The van der Waals surface area contributed by atoms with Gasteiger partial charge in [-0.15, -0.1) is 5.10 Å². The van der Waals surface area contributed by atoms with E-state index < -0.39 is 5.56 Å². The van der Waals surface area contributed by atoms with Crippen LogP contribution in [-0.4, -0.2) is 36.4 Å². The molecule has 3 rings (SSSR count). The topological polar surface area (TPSA) is 122 Å². The molecule has 0 fully saturated rings. The van der Waals surface area contributed by atoms with Crippen molar-refractivity contribution in [3.63, 3.8) is 0 Å². The summed E-state index contributed by atoms with van der Waals surface area (Å²) in [6.45, 7) is 4.04. The van der Waals surface area contributed by atoms with Crippen molar-refractivity contribution in [3.05, 3.63) is 45.5 Å². The van der Waals surface area contributed by atoms with Gasteiger partial charge >= 0.3 is 0 Å². The first-order valence-electron chi connectivity index (χ1n) is 7.63. The number of ether oxygens (including phenoxy) is 1. The van der Waals surface area contributed by atoms with Gasteiger partial charge in [0.05, 0.1) is 11.8 Å². The Balaban J connectivity index is 1.85. The van der Waals surface area contributed by atoms with Gasteiger partial charge in [-0.25, -0.2) is 4.98 Å². The van der Waals surface area contributed by atoms with E-state index >= 15 is 0 Å². The molecule has 2 aromatic heterocycles. The summed E-state index contributed by atoms with van der Waals surface area (Å²) in [5.41, 5.74) is 0.351. The Bertz CT molecular complexity index is 1030. The Kier molecular flexibility index (Phi) is 4.38. The van der Waals surface area contributed by atoms with Crippen LogP contribution in [0.15, 0.2) is 29.2 Å². The maximum atomic E-state index is 12.2. The van der Waals surface area contributed by atoms with Crippen molar-refractivity contribution in [2.24, 2.45) is 0 Å². The highest BCUT2D eigenvalue weighted by Gasteiger charge is 2.09. The largest absolute Gasteiger partial charge is 0.512 e. The number of nitrogens with zero attached hydrogens (tertiary/aromatic N) is 4. The van der Waals surface area contributed by atoms with Crippen LogP contribution < -0.4 is 20.8 Å². The molecular formula is C16H17N5O4. The van der Waals surface area contributed by atoms with Gasteiger partial charge in [0, 0.05) is 12.7 Å². The summed E-state index contributed by atoms with van der Waals surface area (Å²) in [6.07, 6.45) is 1.26. The molecule has 0 bridgehead atoms. The van der Waals surface area contributed by atoms with E-state index in [9.17, 15) is 15.0 Å². The first-order valence-corrected chi connectivity index (χ1v) is 7.63. The van der Waals surface area contributed by atoms with Crippen LogP contribution in [0.2, 0.25) is 0 Å². The summed E-state index contributed by atoms with van der Waals surface area (Å²) >= 11 is 0. The summed E-state index contributed by atoms with van der Waals surface area (Å²) in [5.74, 6) is 0.699. The van der Waals surface area contributed by atoms with Crippen molar-refractivity contribution in [2.45, 2.75) is 20.4 Å². The maximum Gasteiger partial charge on any atom is 0.286 e. The number of phenols is 1. The van der Waals surface area contributed by atoms with Gasteiger partial charge in [0.2, 0.25) is 5.95 Å². The first kappa shape index (κ1) is 16.5. The third-order valence-corrected chi connectivity index (χ3v) is 3.49. The number of aromatic nitrogens is 4. The van der Waals surface area contributed by atoms with Crippen LogP contribution in [0.1, 0.15) is 19.4 Å². The number of rotatable bonds is 5. The van der Waals surface area contributed by atoms with Gasteiger partial charge in [0.15, 0.2) is 11.5 Å². The molecule has 0 saturated carbocycles. The minimum Gasteiger partial charge on any atom is -0.512 e. The molecule has 3 N–H and O–H groups in total. The first-order chi connectivity index (χ1) is 12.0. The molecule has 0 aliphatic rings. The lowest BCUT2D eigenvalue weighted by molar-refractivity contribution is 0.318. The number of aliphatic hydroxyl groups excluding tert-OH is 1. The van der Waals surface area contributed by atoms with E-state index in [4.69, 9.17) is 4.74 Å². The standard InChI is InChI=1S/C16H17N5O4/c1-3-25-13-6-10(4-5-12(13)23)7-17-15-19-16-18-8-11(9(2)22)14(24)21(16)20-15/h4-6,8,22-23H,3,7H2,1-2H3,(H,17,20). The average Bonchev–Trinajstić information content (AvgIpc) is 3.00. The lowest BCUT2D eigenvalue weighted by atomic mass is 10.2. The second-order valence-corrected chi connectivity index (χ2v) is 5.30. The maximum absolute atomic E-state index is 12.2. The zero-order valence-electron chi connectivity index (χ0n) is 13.7. The van der Waals surface area contributed by atoms with Gasteiger partial charge in [-0.1, -0.05) is 6.07 Å².